The van der Waals surface area contributed by atoms with Crippen molar-refractivity contribution in [2.75, 3.05) is 6.61 Å². The van der Waals surface area contributed by atoms with E-state index < -0.39 is 11.4 Å². The Kier molecular flexibility index (Phi) is 2.86. The standard InChI is InChI=1S/C15H18O3/c16-14(17)15(7-1-2-8-15)13-5-3-4-11-10-18-9-6-12(11)13/h3-5H,1-2,6-10H2,(H,16,17). The van der Waals surface area contributed by atoms with Gasteiger partial charge in [0.1, 0.15) is 0 Å². The number of hydrogen-bond acceptors (Lipinski definition) is 2. The van der Waals surface area contributed by atoms with E-state index in [1.54, 1.807) is 0 Å². The molecule has 1 saturated carbocycles. The third kappa shape index (κ3) is 1.65. The van der Waals surface area contributed by atoms with Crippen molar-refractivity contribution in [1.29, 1.82) is 0 Å². The van der Waals surface area contributed by atoms with E-state index in [1.807, 2.05) is 12.1 Å². The normalized spacial score (nSPS) is 21.6. The third-order valence-electron chi connectivity index (χ3n) is 4.41. The average molecular weight is 246 g/mol. The van der Waals surface area contributed by atoms with Crippen molar-refractivity contribution in [2.24, 2.45) is 0 Å². The lowest BCUT2D eigenvalue weighted by Gasteiger charge is -2.30. The Bertz CT molecular complexity index is 473. The van der Waals surface area contributed by atoms with Crippen molar-refractivity contribution in [3.63, 3.8) is 0 Å². The lowest BCUT2D eigenvalue weighted by atomic mass is 9.75. The van der Waals surface area contributed by atoms with Crippen LogP contribution in [0, 0.1) is 0 Å². The summed E-state index contributed by atoms with van der Waals surface area (Å²) in [4.78, 5) is 11.8. The molecular weight excluding hydrogens is 228 g/mol. The van der Waals surface area contributed by atoms with E-state index in [0.717, 1.165) is 37.7 Å². The fourth-order valence-corrected chi connectivity index (χ4v) is 3.45. The van der Waals surface area contributed by atoms with Crippen molar-refractivity contribution in [3.05, 3.63) is 34.9 Å². The van der Waals surface area contributed by atoms with Gasteiger partial charge in [-0.3, -0.25) is 4.79 Å². The van der Waals surface area contributed by atoms with Gasteiger partial charge in [0, 0.05) is 0 Å². The highest BCUT2D eigenvalue weighted by Crippen LogP contribution is 2.44. The maximum absolute atomic E-state index is 11.8. The molecule has 0 unspecified atom stereocenters. The molecule has 2 aliphatic rings. The topological polar surface area (TPSA) is 46.5 Å². The molecule has 1 aliphatic carbocycles. The van der Waals surface area contributed by atoms with Gasteiger partial charge in [-0.15, -0.1) is 0 Å². The van der Waals surface area contributed by atoms with Crippen LogP contribution in [-0.2, 0) is 28.0 Å². The maximum Gasteiger partial charge on any atom is 0.314 e. The number of ether oxygens (including phenoxy) is 1. The van der Waals surface area contributed by atoms with Gasteiger partial charge in [0.2, 0.25) is 0 Å². The predicted molar refractivity (Wildman–Crippen MR) is 67.6 cm³/mol. The summed E-state index contributed by atoms with van der Waals surface area (Å²) in [5.74, 6) is -0.653. The van der Waals surface area contributed by atoms with Crippen molar-refractivity contribution >= 4 is 5.97 Å². The molecule has 0 atom stereocenters. The number of carboxylic acid groups (broad SMARTS) is 1. The monoisotopic (exact) mass is 246 g/mol. The van der Waals surface area contributed by atoms with Crippen LogP contribution in [0.15, 0.2) is 18.2 Å². The molecule has 1 N–H and O–H groups in total. The first-order chi connectivity index (χ1) is 8.74. The molecule has 1 aromatic rings. The number of carbonyl (C=O) groups is 1. The number of carboxylic acids is 1. The second kappa shape index (κ2) is 4.39. The van der Waals surface area contributed by atoms with E-state index in [-0.39, 0.29) is 0 Å². The molecule has 1 fully saturated rings. The summed E-state index contributed by atoms with van der Waals surface area (Å²) in [5, 5.41) is 9.69. The first kappa shape index (κ1) is 11.7. The number of hydrogen-bond donors (Lipinski definition) is 1. The molecule has 1 heterocycles. The first-order valence-electron chi connectivity index (χ1n) is 6.66. The number of rotatable bonds is 2. The largest absolute Gasteiger partial charge is 0.481 e. The summed E-state index contributed by atoms with van der Waals surface area (Å²) in [7, 11) is 0. The summed E-state index contributed by atoms with van der Waals surface area (Å²) in [6.07, 6.45) is 4.44. The first-order valence-corrected chi connectivity index (χ1v) is 6.66. The van der Waals surface area contributed by atoms with Gasteiger partial charge in [-0.1, -0.05) is 31.0 Å². The molecule has 0 radical (unpaired) electrons. The lowest BCUT2D eigenvalue weighted by molar-refractivity contribution is -0.143. The quantitative estimate of drug-likeness (QED) is 0.872. The molecule has 0 bridgehead atoms. The van der Waals surface area contributed by atoms with Crippen LogP contribution in [0.5, 0.6) is 0 Å². The van der Waals surface area contributed by atoms with Gasteiger partial charge in [0.25, 0.3) is 0 Å². The molecule has 3 heteroatoms. The van der Waals surface area contributed by atoms with Gasteiger partial charge in [-0.2, -0.15) is 0 Å². The maximum atomic E-state index is 11.8. The van der Waals surface area contributed by atoms with Crippen LogP contribution in [-0.4, -0.2) is 17.7 Å². The summed E-state index contributed by atoms with van der Waals surface area (Å²) >= 11 is 0. The molecule has 3 nitrogen and oxygen atoms in total. The molecule has 18 heavy (non-hydrogen) atoms. The Morgan fingerprint density at radius 1 is 1.28 bits per heavy atom. The molecule has 3 rings (SSSR count). The number of benzene rings is 1. The van der Waals surface area contributed by atoms with Crippen LogP contribution in [0.25, 0.3) is 0 Å². The molecule has 0 saturated heterocycles. The van der Waals surface area contributed by atoms with E-state index in [0.29, 0.717) is 13.2 Å². The number of aliphatic carboxylic acids is 1. The zero-order chi connectivity index (χ0) is 12.6. The molecule has 0 spiro atoms. The second-order valence-electron chi connectivity index (χ2n) is 5.34. The van der Waals surface area contributed by atoms with Crippen LogP contribution < -0.4 is 0 Å². The van der Waals surface area contributed by atoms with Crippen LogP contribution in [0.4, 0.5) is 0 Å². The van der Waals surface area contributed by atoms with E-state index in [4.69, 9.17) is 4.74 Å². The highest BCUT2D eigenvalue weighted by molar-refractivity contribution is 5.82. The highest BCUT2D eigenvalue weighted by atomic mass is 16.5. The van der Waals surface area contributed by atoms with Crippen molar-refractivity contribution < 1.29 is 14.6 Å². The van der Waals surface area contributed by atoms with Crippen LogP contribution >= 0.6 is 0 Å². The van der Waals surface area contributed by atoms with Crippen molar-refractivity contribution in [1.82, 2.24) is 0 Å². The highest BCUT2D eigenvalue weighted by Gasteiger charge is 2.44. The Morgan fingerprint density at radius 3 is 2.78 bits per heavy atom. The molecule has 1 aliphatic heterocycles. The van der Waals surface area contributed by atoms with Crippen LogP contribution in [0.3, 0.4) is 0 Å². The third-order valence-corrected chi connectivity index (χ3v) is 4.41. The molecule has 1 aromatic carbocycles. The molecule has 0 aromatic heterocycles. The zero-order valence-electron chi connectivity index (χ0n) is 10.4. The summed E-state index contributed by atoms with van der Waals surface area (Å²) in [6, 6.07) is 6.05. The van der Waals surface area contributed by atoms with Crippen molar-refractivity contribution in [2.45, 2.75) is 44.1 Å². The predicted octanol–water partition coefficient (Wildman–Crippen LogP) is 2.66. The Balaban J connectivity index is 2.13. The number of fused-ring (bicyclic) bond motifs is 1. The van der Waals surface area contributed by atoms with E-state index >= 15 is 0 Å². The minimum absolute atomic E-state index is 0.624. The van der Waals surface area contributed by atoms with Crippen LogP contribution in [0.1, 0.15) is 42.4 Å². The van der Waals surface area contributed by atoms with E-state index in [1.165, 1.54) is 11.1 Å². The second-order valence-corrected chi connectivity index (χ2v) is 5.34. The fraction of sp³-hybridized carbons (Fsp3) is 0.533. The minimum Gasteiger partial charge on any atom is -0.481 e. The summed E-state index contributed by atoms with van der Waals surface area (Å²) < 4.78 is 5.46. The summed E-state index contributed by atoms with van der Waals surface area (Å²) in [6.45, 7) is 1.33. The smallest absolute Gasteiger partial charge is 0.314 e. The zero-order valence-corrected chi connectivity index (χ0v) is 10.4. The fourth-order valence-electron chi connectivity index (χ4n) is 3.45. The minimum atomic E-state index is -0.653. The molecular formula is C15H18O3. The van der Waals surface area contributed by atoms with Crippen LogP contribution in [0.2, 0.25) is 0 Å². The van der Waals surface area contributed by atoms with Gasteiger partial charge in [-0.25, -0.2) is 0 Å². The van der Waals surface area contributed by atoms with Gasteiger partial charge in [-0.05, 0) is 36.0 Å². The van der Waals surface area contributed by atoms with Gasteiger partial charge >= 0.3 is 5.97 Å². The summed E-state index contributed by atoms with van der Waals surface area (Å²) in [5.41, 5.74) is 2.82. The Hall–Kier alpha value is -1.35. The Labute approximate surface area is 107 Å². The molecule has 0 amide bonds. The average Bonchev–Trinajstić information content (AvgIpc) is 2.88. The SMILES string of the molecule is O=C(O)C1(c2cccc3c2CCOC3)CCCC1. The Morgan fingerprint density at radius 2 is 2.06 bits per heavy atom. The van der Waals surface area contributed by atoms with E-state index in [9.17, 15) is 9.90 Å². The van der Waals surface area contributed by atoms with Gasteiger partial charge in [0.05, 0.1) is 18.6 Å². The lowest BCUT2D eigenvalue weighted by Crippen LogP contribution is -2.34. The van der Waals surface area contributed by atoms with Gasteiger partial charge < -0.3 is 9.84 Å². The molecule has 96 valence electrons. The van der Waals surface area contributed by atoms with Gasteiger partial charge in [0.15, 0.2) is 0 Å². The van der Waals surface area contributed by atoms with Crippen molar-refractivity contribution in [3.8, 4) is 0 Å². The van der Waals surface area contributed by atoms with E-state index in [2.05, 4.69) is 6.07 Å².